The zero-order chi connectivity index (χ0) is 15.4. The molecule has 6 nitrogen and oxygen atoms in total. The summed E-state index contributed by atoms with van der Waals surface area (Å²) in [6.07, 6.45) is 3.96. The standard InChI is InChI=1S/C14H18N4O2S2/c1-10-8-17-12(22-10)2-3-15-13(19)11-9-18(5-6-20-11)14-16-4-7-21-14/h4,7-8,11H,2-3,5-6,9H2,1H3,(H,15,19)/t11-/m0/s1. The Kier molecular flexibility index (Phi) is 5.01. The Bertz CT molecular complexity index is 614. The Morgan fingerprint density at radius 2 is 2.45 bits per heavy atom. The maximum atomic E-state index is 12.2. The van der Waals surface area contributed by atoms with E-state index in [0.29, 0.717) is 19.7 Å². The van der Waals surface area contributed by atoms with Crippen LogP contribution in [-0.2, 0) is 16.0 Å². The topological polar surface area (TPSA) is 67.4 Å². The van der Waals surface area contributed by atoms with Gasteiger partial charge in [-0.25, -0.2) is 9.97 Å². The van der Waals surface area contributed by atoms with Crippen LogP contribution in [0.15, 0.2) is 17.8 Å². The Morgan fingerprint density at radius 1 is 1.55 bits per heavy atom. The molecule has 2 aromatic heterocycles. The number of thiazole rings is 2. The van der Waals surface area contributed by atoms with Gasteiger partial charge in [0, 0.05) is 42.2 Å². The van der Waals surface area contributed by atoms with Crippen LogP contribution in [0.2, 0.25) is 0 Å². The molecule has 8 heteroatoms. The lowest BCUT2D eigenvalue weighted by atomic mass is 10.2. The molecule has 0 aliphatic carbocycles. The summed E-state index contributed by atoms with van der Waals surface area (Å²) in [5.41, 5.74) is 0. The first-order valence-corrected chi connectivity index (χ1v) is 8.87. The van der Waals surface area contributed by atoms with Crippen LogP contribution in [0.3, 0.4) is 0 Å². The maximum absolute atomic E-state index is 12.2. The Hall–Kier alpha value is -1.51. The van der Waals surface area contributed by atoms with Crippen molar-refractivity contribution in [3.05, 3.63) is 27.7 Å². The summed E-state index contributed by atoms with van der Waals surface area (Å²) in [5.74, 6) is -0.0606. The molecule has 1 amide bonds. The number of aromatic nitrogens is 2. The second kappa shape index (κ2) is 7.17. The average Bonchev–Trinajstić information content (AvgIpc) is 3.19. The normalized spacial score (nSPS) is 18.4. The average molecular weight is 338 g/mol. The van der Waals surface area contributed by atoms with Crippen molar-refractivity contribution >= 4 is 33.7 Å². The van der Waals surface area contributed by atoms with Crippen molar-refractivity contribution in [3.8, 4) is 0 Å². The van der Waals surface area contributed by atoms with Gasteiger partial charge in [-0.2, -0.15) is 0 Å². The quantitative estimate of drug-likeness (QED) is 0.894. The largest absolute Gasteiger partial charge is 0.365 e. The third-order valence-electron chi connectivity index (χ3n) is 3.36. The number of anilines is 1. The molecule has 0 bridgehead atoms. The van der Waals surface area contributed by atoms with E-state index in [9.17, 15) is 4.79 Å². The number of ether oxygens (including phenoxy) is 1. The lowest BCUT2D eigenvalue weighted by Crippen LogP contribution is -2.50. The minimum absolute atomic E-state index is 0.0606. The lowest BCUT2D eigenvalue weighted by molar-refractivity contribution is -0.133. The molecule has 0 aromatic carbocycles. The highest BCUT2D eigenvalue weighted by molar-refractivity contribution is 7.13. The van der Waals surface area contributed by atoms with Gasteiger partial charge in [-0.05, 0) is 6.92 Å². The highest BCUT2D eigenvalue weighted by Gasteiger charge is 2.27. The Balaban J connectivity index is 1.47. The minimum atomic E-state index is -0.435. The van der Waals surface area contributed by atoms with Crippen LogP contribution in [-0.4, -0.2) is 48.2 Å². The summed E-state index contributed by atoms with van der Waals surface area (Å²) in [6.45, 7) is 4.49. The van der Waals surface area contributed by atoms with Gasteiger partial charge >= 0.3 is 0 Å². The van der Waals surface area contributed by atoms with Crippen LogP contribution >= 0.6 is 22.7 Å². The molecule has 3 rings (SSSR count). The van der Waals surface area contributed by atoms with E-state index in [0.717, 1.165) is 23.1 Å². The van der Waals surface area contributed by atoms with Crippen molar-refractivity contribution in [2.45, 2.75) is 19.4 Å². The molecule has 1 atom stereocenters. The van der Waals surface area contributed by atoms with Gasteiger partial charge in [0.1, 0.15) is 0 Å². The molecular weight excluding hydrogens is 320 g/mol. The minimum Gasteiger partial charge on any atom is -0.365 e. The third-order valence-corrected chi connectivity index (χ3v) is 5.16. The van der Waals surface area contributed by atoms with Gasteiger partial charge in [0.15, 0.2) is 11.2 Å². The summed E-state index contributed by atoms with van der Waals surface area (Å²) < 4.78 is 5.59. The second-order valence-corrected chi connectivity index (χ2v) is 7.22. The number of aryl methyl sites for hydroxylation is 1. The molecule has 3 heterocycles. The number of nitrogens with zero attached hydrogens (tertiary/aromatic N) is 3. The number of hydrogen-bond donors (Lipinski definition) is 1. The molecule has 1 N–H and O–H groups in total. The zero-order valence-electron chi connectivity index (χ0n) is 12.3. The van der Waals surface area contributed by atoms with Crippen molar-refractivity contribution in [2.75, 3.05) is 31.1 Å². The number of hydrogen-bond acceptors (Lipinski definition) is 7. The predicted octanol–water partition coefficient (Wildman–Crippen LogP) is 1.47. The molecule has 1 aliphatic heterocycles. The van der Waals surface area contributed by atoms with E-state index in [1.54, 1.807) is 28.9 Å². The molecule has 118 valence electrons. The van der Waals surface area contributed by atoms with Gasteiger partial charge in [-0.1, -0.05) is 0 Å². The first kappa shape index (κ1) is 15.4. The molecule has 1 aliphatic rings. The first-order valence-electron chi connectivity index (χ1n) is 7.17. The number of nitrogens with one attached hydrogen (secondary N) is 1. The zero-order valence-corrected chi connectivity index (χ0v) is 14.0. The summed E-state index contributed by atoms with van der Waals surface area (Å²) in [7, 11) is 0. The molecule has 0 unspecified atom stereocenters. The summed E-state index contributed by atoms with van der Waals surface area (Å²) in [4.78, 5) is 24.1. The fourth-order valence-corrected chi connectivity index (χ4v) is 3.74. The molecule has 1 saturated heterocycles. The Labute approximate surface area is 137 Å². The van der Waals surface area contributed by atoms with Crippen LogP contribution in [0.4, 0.5) is 5.13 Å². The second-order valence-electron chi connectivity index (χ2n) is 5.03. The van der Waals surface area contributed by atoms with Gasteiger partial charge in [-0.3, -0.25) is 4.79 Å². The molecule has 0 saturated carbocycles. The van der Waals surface area contributed by atoms with Gasteiger partial charge in [-0.15, -0.1) is 22.7 Å². The van der Waals surface area contributed by atoms with E-state index in [1.165, 1.54) is 4.88 Å². The molecule has 0 spiro atoms. The fraction of sp³-hybridized carbons (Fsp3) is 0.500. The lowest BCUT2D eigenvalue weighted by Gasteiger charge is -2.31. The van der Waals surface area contributed by atoms with Crippen molar-refractivity contribution in [1.82, 2.24) is 15.3 Å². The van der Waals surface area contributed by atoms with E-state index >= 15 is 0 Å². The van der Waals surface area contributed by atoms with Crippen LogP contribution in [0.5, 0.6) is 0 Å². The summed E-state index contributed by atoms with van der Waals surface area (Å²) in [5, 5.41) is 6.87. The van der Waals surface area contributed by atoms with Crippen molar-refractivity contribution in [3.63, 3.8) is 0 Å². The highest BCUT2D eigenvalue weighted by atomic mass is 32.1. The van der Waals surface area contributed by atoms with Gasteiger partial charge in [0.05, 0.1) is 18.2 Å². The van der Waals surface area contributed by atoms with E-state index in [2.05, 4.69) is 20.2 Å². The van der Waals surface area contributed by atoms with Crippen molar-refractivity contribution < 1.29 is 9.53 Å². The number of rotatable bonds is 5. The van der Waals surface area contributed by atoms with Crippen LogP contribution in [0.1, 0.15) is 9.88 Å². The van der Waals surface area contributed by atoms with E-state index in [1.807, 2.05) is 18.5 Å². The van der Waals surface area contributed by atoms with Crippen LogP contribution in [0, 0.1) is 6.92 Å². The van der Waals surface area contributed by atoms with E-state index in [-0.39, 0.29) is 5.91 Å². The maximum Gasteiger partial charge on any atom is 0.251 e. The molecule has 1 fully saturated rings. The third kappa shape index (κ3) is 3.82. The number of carbonyl (C=O) groups is 1. The first-order chi connectivity index (χ1) is 10.7. The van der Waals surface area contributed by atoms with Gasteiger partial charge < -0.3 is 15.0 Å². The smallest absolute Gasteiger partial charge is 0.251 e. The number of morpholine rings is 1. The Morgan fingerprint density at radius 3 is 3.18 bits per heavy atom. The van der Waals surface area contributed by atoms with Gasteiger partial charge in [0.25, 0.3) is 5.91 Å². The molecule has 22 heavy (non-hydrogen) atoms. The van der Waals surface area contributed by atoms with E-state index in [4.69, 9.17) is 4.74 Å². The highest BCUT2D eigenvalue weighted by Crippen LogP contribution is 2.20. The molecule has 0 radical (unpaired) electrons. The van der Waals surface area contributed by atoms with E-state index < -0.39 is 6.10 Å². The number of amides is 1. The summed E-state index contributed by atoms with van der Waals surface area (Å²) in [6, 6.07) is 0. The number of carbonyl (C=O) groups excluding carboxylic acids is 1. The molecule has 2 aromatic rings. The van der Waals surface area contributed by atoms with Gasteiger partial charge in [0.2, 0.25) is 0 Å². The SMILES string of the molecule is Cc1cnc(CCNC(=O)[C@@H]2CN(c3nccs3)CCO2)s1. The van der Waals surface area contributed by atoms with Crippen molar-refractivity contribution in [2.24, 2.45) is 0 Å². The molecular formula is C14H18N4O2S2. The van der Waals surface area contributed by atoms with Crippen LogP contribution in [0.25, 0.3) is 0 Å². The fourth-order valence-electron chi connectivity index (χ4n) is 2.28. The monoisotopic (exact) mass is 338 g/mol. The van der Waals surface area contributed by atoms with Crippen LogP contribution < -0.4 is 10.2 Å². The predicted molar refractivity (Wildman–Crippen MR) is 87.6 cm³/mol. The summed E-state index contributed by atoms with van der Waals surface area (Å²) >= 11 is 3.25. The van der Waals surface area contributed by atoms with Crippen molar-refractivity contribution in [1.29, 1.82) is 0 Å².